The van der Waals surface area contributed by atoms with Gasteiger partial charge in [-0.05, 0) is 121 Å². The van der Waals surface area contributed by atoms with E-state index in [9.17, 15) is 5.11 Å². The maximum atomic E-state index is 12.4. The molecule has 4 nitrogen and oxygen atoms in total. The summed E-state index contributed by atoms with van der Waals surface area (Å²) in [7, 11) is 0. The normalized spacial score (nSPS) is 12.5. The molecular weight excluding hydrogens is 779 g/mol. The fourth-order valence-corrected chi connectivity index (χ4v) is 8.72. The van der Waals surface area contributed by atoms with E-state index in [0.717, 1.165) is 72.5 Å². The van der Waals surface area contributed by atoms with Crippen molar-refractivity contribution in [1.82, 2.24) is 14.5 Å². The molecule has 0 aliphatic rings. The van der Waals surface area contributed by atoms with Crippen molar-refractivity contribution >= 4 is 11.0 Å². The third-order valence-electron chi connectivity index (χ3n) is 12.8. The summed E-state index contributed by atoms with van der Waals surface area (Å²) >= 11 is 0. The van der Waals surface area contributed by atoms with Crippen LogP contribution in [0.5, 0.6) is 5.75 Å². The zero-order valence-corrected chi connectivity index (χ0v) is 40.2. The number of para-hydroxylation sites is 1. The molecule has 0 saturated heterocycles. The van der Waals surface area contributed by atoms with Crippen LogP contribution in [-0.4, -0.2) is 19.6 Å². The van der Waals surface area contributed by atoms with Crippen molar-refractivity contribution in [2.24, 2.45) is 0 Å². The second kappa shape index (κ2) is 16.7. The van der Waals surface area contributed by atoms with E-state index in [2.05, 4.69) is 228 Å². The van der Waals surface area contributed by atoms with Gasteiger partial charge < -0.3 is 5.11 Å². The van der Waals surface area contributed by atoms with E-state index in [-0.39, 0.29) is 33.8 Å². The lowest BCUT2D eigenvalue weighted by atomic mass is 9.83. The minimum Gasteiger partial charge on any atom is -0.507 e. The first-order valence-corrected chi connectivity index (χ1v) is 23.0. The van der Waals surface area contributed by atoms with Gasteiger partial charge in [-0.2, -0.15) is 0 Å². The number of rotatable bonds is 8. The highest BCUT2D eigenvalue weighted by molar-refractivity contribution is 5.98. The largest absolute Gasteiger partial charge is 0.507 e. The Kier molecular flexibility index (Phi) is 11.6. The third-order valence-corrected chi connectivity index (χ3v) is 12.8. The molecule has 0 radical (unpaired) electrons. The van der Waals surface area contributed by atoms with Gasteiger partial charge in [0.05, 0.1) is 28.0 Å². The summed E-state index contributed by atoms with van der Waals surface area (Å²) < 4.78 is 2.32. The Balaban J connectivity index is 1.46. The monoisotopic (exact) mass is 844 g/mol. The Morgan fingerprint density at radius 1 is 0.484 bits per heavy atom. The summed E-state index contributed by atoms with van der Waals surface area (Å²) in [5.74, 6) is 1.35. The molecule has 64 heavy (non-hydrogen) atoms. The predicted octanol–water partition coefficient (Wildman–Crippen LogP) is 16.6. The van der Waals surface area contributed by atoms with Crippen LogP contribution in [0.1, 0.15) is 130 Å². The Bertz CT molecular complexity index is 2980. The highest BCUT2D eigenvalue weighted by atomic mass is 16.3. The SMILES string of the molecule is CC(C)c1cc(-c2nc3c(-c4cc(-c5cc(-c6ccccc6)ccn5)cc(C(C)(C)C)c4)cccc3n2-c2cc(C(C)(C)C)ccc2-c2ccc(C(C)(C)C)cc2)c(O)c(C(C)C)c1. The molecule has 0 aliphatic heterocycles. The van der Waals surface area contributed by atoms with Crippen molar-refractivity contribution in [3.8, 4) is 67.5 Å². The number of aromatic hydroxyl groups is 1. The molecular formula is C60H65N3O. The molecule has 0 spiro atoms. The van der Waals surface area contributed by atoms with Crippen molar-refractivity contribution in [2.45, 2.75) is 118 Å². The molecule has 4 heteroatoms. The number of nitrogens with zero attached hydrogens (tertiary/aromatic N) is 3. The van der Waals surface area contributed by atoms with Gasteiger partial charge in [-0.25, -0.2) is 4.98 Å². The summed E-state index contributed by atoms with van der Waals surface area (Å²) in [6, 6.07) is 48.5. The number of fused-ring (bicyclic) bond motifs is 1. The van der Waals surface area contributed by atoms with Crippen LogP contribution in [0.25, 0.3) is 72.7 Å². The number of hydrogen-bond acceptors (Lipinski definition) is 3. The summed E-state index contributed by atoms with van der Waals surface area (Å²) in [4.78, 5) is 10.7. The highest BCUT2D eigenvalue weighted by Gasteiger charge is 2.27. The Morgan fingerprint density at radius 3 is 1.78 bits per heavy atom. The predicted molar refractivity (Wildman–Crippen MR) is 272 cm³/mol. The maximum absolute atomic E-state index is 12.4. The number of aromatic nitrogens is 3. The average molecular weight is 844 g/mol. The lowest BCUT2D eigenvalue weighted by Gasteiger charge is -2.24. The second-order valence-electron chi connectivity index (χ2n) is 21.4. The van der Waals surface area contributed by atoms with Gasteiger partial charge in [0.15, 0.2) is 0 Å². The van der Waals surface area contributed by atoms with Crippen molar-refractivity contribution in [3.63, 3.8) is 0 Å². The van der Waals surface area contributed by atoms with Crippen LogP contribution < -0.4 is 0 Å². The van der Waals surface area contributed by atoms with Crippen molar-refractivity contribution in [1.29, 1.82) is 0 Å². The van der Waals surface area contributed by atoms with E-state index in [4.69, 9.17) is 9.97 Å². The Hall–Kier alpha value is -6.26. The number of hydrogen-bond donors (Lipinski definition) is 1. The van der Waals surface area contributed by atoms with Crippen molar-refractivity contribution in [3.05, 3.63) is 167 Å². The van der Waals surface area contributed by atoms with Gasteiger partial charge in [0.1, 0.15) is 11.6 Å². The van der Waals surface area contributed by atoms with E-state index in [0.29, 0.717) is 5.82 Å². The first-order valence-electron chi connectivity index (χ1n) is 23.0. The summed E-state index contributed by atoms with van der Waals surface area (Å²) in [6.45, 7) is 29.1. The Labute approximate surface area is 382 Å². The lowest BCUT2D eigenvalue weighted by Crippen LogP contribution is -2.13. The van der Waals surface area contributed by atoms with Crippen LogP contribution in [0, 0.1) is 0 Å². The minimum absolute atomic E-state index is 0.0273. The zero-order chi connectivity index (χ0) is 45.9. The lowest BCUT2D eigenvalue weighted by molar-refractivity contribution is 0.466. The van der Waals surface area contributed by atoms with Crippen molar-refractivity contribution in [2.75, 3.05) is 0 Å². The molecule has 2 aromatic heterocycles. The first-order chi connectivity index (χ1) is 30.2. The fraction of sp³-hybridized carbons (Fsp3) is 0.300. The molecule has 0 amide bonds. The van der Waals surface area contributed by atoms with Gasteiger partial charge in [-0.3, -0.25) is 9.55 Å². The van der Waals surface area contributed by atoms with Crippen LogP contribution in [-0.2, 0) is 16.2 Å². The summed E-state index contributed by atoms with van der Waals surface area (Å²) in [5, 5.41) is 12.4. The van der Waals surface area contributed by atoms with E-state index >= 15 is 0 Å². The minimum atomic E-state index is -0.138. The van der Waals surface area contributed by atoms with Gasteiger partial charge in [0.25, 0.3) is 0 Å². The first kappa shape index (κ1) is 44.4. The molecule has 0 saturated carbocycles. The number of imidazole rings is 1. The topological polar surface area (TPSA) is 50.9 Å². The second-order valence-corrected chi connectivity index (χ2v) is 21.4. The average Bonchev–Trinajstić information content (AvgIpc) is 3.65. The standard InChI is InChI=1S/C60H65N3O/c1-37(2)42-33-50(38(3)4)56(64)51(34-42)57-62-55-49(43-30-44(32-47(31-43)60(11,12)13)52-35-41(28-29-61-52)39-18-15-14-16-19-39)20-17-21-53(55)63(57)54-36-46(59(8,9)10)26-27-48(54)40-22-24-45(25-23-40)58(5,6)7/h14-38,64H,1-13H3. The molecule has 0 fully saturated rings. The van der Waals surface area contributed by atoms with Gasteiger partial charge in [0.2, 0.25) is 0 Å². The molecule has 8 aromatic rings. The molecule has 1 N–H and O–H groups in total. The van der Waals surface area contributed by atoms with Crippen LogP contribution in [0.4, 0.5) is 0 Å². The van der Waals surface area contributed by atoms with Crippen molar-refractivity contribution < 1.29 is 5.11 Å². The van der Waals surface area contributed by atoms with Crippen LogP contribution in [0.15, 0.2) is 140 Å². The van der Waals surface area contributed by atoms with E-state index in [1.54, 1.807) is 0 Å². The number of phenols is 1. The smallest absolute Gasteiger partial charge is 0.149 e. The van der Waals surface area contributed by atoms with Gasteiger partial charge in [-0.1, -0.05) is 181 Å². The number of phenolic OH excluding ortho intramolecular Hbond substituents is 1. The van der Waals surface area contributed by atoms with Crippen LogP contribution in [0.2, 0.25) is 0 Å². The van der Waals surface area contributed by atoms with Gasteiger partial charge in [0, 0.05) is 22.9 Å². The number of benzene rings is 6. The molecule has 0 atom stereocenters. The maximum Gasteiger partial charge on any atom is 0.149 e. The molecule has 0 bridgehead atoms. The molecule has 0 aliphatic carbocycles. The molecule has 8 rings (SSSR count). The summed E-state index contributed by atoms with van der Waals surface area (Å²) in [5.41, 5.74) is 17.8. The van der Waals surface area contributed by atoms with E-state index < -0.39 is 0 Å². The van der Waals surface area contributed by atoms with Gasteiger partial charge in [-0.15, -0.1) is 0 Å². The molecule has 0 unspecified atom stereocenters. The van der Waals surface area contributed by atoms with E-state index in [1.165, 1.54) is 22.3 Å². The summed E-state index contributed by atoms with van der Waals surface area (Å²) in [6.07, 6.45) is 1.92. The quantitative estimate of drug-likeness (QED) is 0.166. The molecule has 6 aromatic carbocycles. The highest BCUT2D eigenvalue weighted by Crippen LogP contribution is 2.45. The van der Waals surface area contributed by atoms with E-state index in [1.807, 2.05) is 6.20 Å². The van der Waals surface area contributed by atoms with Gasteiger partial charge >= 0.3 is 0 Å². The van der Waals surface area contributed by atoms with Crippen LogP contribution in [0.3, 0.4) is 0 Å². The number of pyridine rings is 1. The fourth-order valence-electron chi connectivity index (χ4n) is 8.72. The Morgan fingerprint density at radius 2 is 1.14 bits per heavy atom. The zero-order valence-electron chi connectivity index (χ0n) is 40.2. The van der Waals surface area contributed by atoms with Crippen LogP contribution >= 0.6 is 0 Å². The molecule has 2 heterocycles. The third kappa shape index (κ3) is 8.68. The molecule has 326 valence electrons.